The van der Waals surface area contributed by atoms with Gasteiger partial charge in [-0.15, -0.1) is 0 Å². The fourth-order valence-corrected chi connectivity index (χ4v) is 2.39. The summed E-state index contributed by atoms with van der Waals surface area (Å²) in [6, 6.07) is 3.49. The number of hydrogen-bond acceptors (Lipinski definition) is 3. The molecule has 0 fully saturated rings. The van der Waals surface area contributed by atoms with Gasteiger partial charge in [0.1, 0.15) is 5.75 Å². The van der Waals surface area contributed by atoms with Crippen LogP contribution >= 0.6 is 27.5 Å². The molecule has 0 aliphatic rings. The van der Waals surface area contributed by atoms with Gasteiger partial charge in [0.25, 0.3) is 0 Å². The molecule has 0 aliphatic heterocycles. The normalized spacial score (nSPS) is 10.1. The monoisotopic (exact) mass is 320 g/mol. The van der Waals surface area contributed by atoms with E-state index < -0.39 is 0 Å². The summed E-state index contributed by atoms with van der Waals surface area (Å²) in [5, 5.41) is 1.15. The van der Waals surface area contributed by atoms with Crippen LogP contribution in [0.15, 0.2) is 12.1 Å². The average Bonchev–Trinajstić information content (AvgIpc) is 2.28. The lowest BCUT2D eigenvalue weighted by Gasteiger charge is -2.12. The number of benzene rings is 1. The molecule has 0 atom stereocenters. The number of esters is 1. The molecule has 0 spiro atoms. The molecule has 0 saturated carbocycles. The first-order chi connectivity index (χ1) is 8.12. The minimum atomic E-state index is -0.265. The van der Waals surface area contributed by atoms with Gasteiger partial charge in [-0.05, 0) is 24.6 Å². The molecular weight excluding hydrogens is 307 g/mol. The van der Waals surface area contributed by atoms with Gasteiger partial charge >= 0.3 is 5.97 Å². The van der Waals surface area contributed by atoms with Crippen LogP contribution in [0.5, 0.6) is 5.75 Å². The van der Waals surface area contributed by atoms with E-state index in [0.717, 1.165) is 11.1 Å². The van der Waals surface area contributed by atoms with E-state index in [-0.39, 0.29) is 12.4 Å². The standard InChI is InChI=1S/C12H14BrClO3/c1-3-17-12(15)5-8-4-9(14)6-11(16-2)10(8)7-13/h4,6H,3,5,7H2,1-2H3. The molecule has 0 saturated heterocycles. The van der Waals surface area contributed by atoms with Crippen LogP contribution in [0.2, 0.25) is 5.02 Å². The summed E-state index contributed by atoms with van der Waals surface area (Å²) in [5.74, 6) is 0.410. The van der Waals surface area contributed by atoms with Crippen LogP contribution in [0.1, 0.15) is 18.1 Å². The van der Waals surface area contributed by atoms with E-state index in [2.05, 4.69) is 15.9 Å². The molecule has 0 aliphatic carbocycles. The van der Waals surface area contributed by atoms with Crippen LogP contribution in [0.4, 0.5) is 0 Å². The van der Waals surface area contributed by atoms with Gasteiger partial charge in [0.15, 0.2) is 0 Å². The van der Waals surface area contributed by atoms with Gasteiger partial charge < -0.3 is 9.47 Å². The van der Waals surface area contributed by atoms with Gasteiger partial charge in [-0.3, -0.25) is 4.79 Å². The van der Waals surface area contributed by atoms with E-state index in [9.17, 15) is 4.79 Å². The van der Waals surface area contributed by atoms with Crippen LogP contribution in [0.25, 0.3) is 0 Å². The van der Waals surface area contributed by atoms with Gasteiger partial charge in [0, 0.05) is 15.9 Å². The largest absolute Gasteiger partial charge is 0.496 e. The number of hydrogen-bond donors (Lipinski definition) is 0. The molecule has 1 aromatic carbocycles. The zero-order valence-electron chi connectivity index (χ0n) is 9.76. The van der Waals surface area contributed by atoms with Crippen molar-refractivity contribution in [2.45, 2.75) is 18.7 Å². The van der Waals surface area contributed by atoms with E-state index >= 15 is 0 Å². The number of carbonyl (C=O) groups excluding carboxylic acids is 1. The maximum atomic E-state index is 11.5. The van der Waals surface area contributed by atoms with Crippen molar-refractivity contribution in [3.8, 4) is 5.75 Å². The van der Waals surface area contributed by atoms with Crippen LogP contribution in [-0.4, -0.2) is 19.7 Å². The zero-order chi connectivity index (χ0) is 12.8. The summed E-state index contributed by atoms with van der Waals surface area (Å²) in [6.07, 6.45) is 0.200. The second-order valence-electron chi connectivity index (χ2n) is 3.36. The summed E-state index contributed by atoms with van der Waals surface area (Å²) < 4.78 is 10.2. The van der Waals surface area contributed by atoms with E-state index in [4.69, 9.17) is 21.1 Å². The summed E-state index contributed by atoms with van der Waals surface area (Å²) in [4.78, 5) is 11.5. The predicted octanol–water partition coefficient (Wildman–Crippen LogP) is 3.35. The fourth-order valence-electron chi connectivity index (χ4n) is 1.52. The Kier molecular flexibility index (Phi) is 5.78. The molecule has 0 N–H and O–H groups in total. The molecule has 0 amide bonds. The second-order valence-corrected chi connectivity index (χ2v) is 4.36. The highest BCUT2D eigenvalue weighted by molar-refractivity contribution is 9.08. The minimum Gasteiger partial charge on any atom is -0.496 e. The first-order valence-corrected chi connectivity index (χ1v) is 6.69. The first-order valence-electron chi connectivity index (χ1n) is 5.19. The van der Waals surface area contributed by atoms with Gasteiger partial charge in [-0.2, -0.15) is 0 Å². The van der Waals surface area contributed by atoms with E-state index in [1.807, 2.05) is 0 Å². The summed E-state index contributed by atoms with van der Waals surface area (Å²) in [5.41, 5.74) is 1.75. The number of rotatable bonds is 5. The number of carbonyl (C=O) groups is 1. The molecule has 17 heavy (non-hydrogen) atoms. The Labute approximate surface area is 114 Å². The molecule has 1 rings (SSSR count). The topological polar surface area (TPSA) is 35.5 Å². The SMILES string of the molecule is CCOC(=O)Cc1cc(Cl)cc(OC)c1CBr. The predicted molar refractivity (Wildman–Crippen MR) is 71.0 cm³/mol. The van der Waals surface area contributed by atoms with Gasteiger partial charge in [-0.1, -0.05) is 27.5 Å². The van der Waals surface area contributed by atoms with Crippen molar-refractivity contribution in [1.82, 2.24) is 0 Å². The van der Waals surface area contributed by atoms with Crippen molar-refractivity contribution >= 4 is 33.5 Å². The van der Waals surface area contributed by atoms with Gasteiger partial charge in [0.2, 0.25) is 0 Å². The van der Waals surface area contributed by atoms with Gasteiger partial charge in [-0.25, -0.2) is 0 Å². The lowest BCUT2D eigenvalue weighted by atomic mass is 10.0. The molecule has 3 nitrogen and oxygen atoms in total. The van der Waals surface area contributed by atoms with E-state index in [0.29, 0.717) is 22.7 Å². The molecule has 94 valence electrons. The molecular formula is C12H14BrClO3. The van der Waals surface area contributed by atoms with Crippen molar-refractivity contribution in [3.05, 3.63) is 28.3 Å². The average molecular weight is 322 g/mol. The van der Waals surface area contributed by atoms with Crippen LogP contribution < -0.4 is 4.74 Å². The Bertz CT molecular complexity index is 407. The number of alkyl halides is 1. The Morgan fingerprint density at radius 2 is 2.18 bits per heavy atom. The molecule has 0 aromatic heterocycles. The fraction of sp³-hybridized carbons (Fsp3) is 0.417. The highest BCUT2D eigenvalue weighted by atomic mass is 79.9. The maximum absolute atomic E-state index is 11.5. The Balaban J connectivity index is 3.04. The molecule has 1 aromatic rings. The number of halogens is 2. The summed E-state index contributed by atoms with van der Waals surface area (Å²) in [7, 11) is 1.58. The lowest BCUT2D eigenvalue weighted by molar-refractivity contribution is -0.142. The number of methoxy groups -OCH3 is 1. The molecule has 0 radical (unpaired) electrons. The Hall–Kier alpha value is -0.740. The Morgan fingerprint density at radius 3 is 2.71 bits per heavy atom. The van der Waals surface area contributed by atoms with Crippen molar-refractivity contribution in [3.63, 3.8) is 0 Å². The molecule has 0 heterocycles. The quantitative estimate of drug-likeness (QED) is 0.616. The van der Waals surface area contributed by atoms with Gasteiger partial charge in [0.05, 0.1) is 20.1 Å². The highest BCUT2D eigenvalue weighted by Gasteiger charge is 2.13. The van der Waals surface area contributed by atoms with Crippen LogP contribution in [0.3, 0.4) is 0 Å². The lowest BCUT2D eigenvalue weighted by Crippen LogP contribution is -2.09. The molecule has 0 bridgehead atoms. The third-order valence-corrected chi connectivity index (χ3v) is 3.04. The third-order valence-electron chi connectivity index (χ3n) is 2.26. The first kappa shape index (κ1) is 14.3. The summed E-state index contributed by atoms with van der Waals surface area (Å²) in [6.45, 7) is 2.15. The maximum Gasteiger partial charge on any atom is 0.310 e. The zero-order valence-corrected chi connectivity index (χ0v) is 12.1. The highest BCUT2D eigenvalue weighted by Crippen LogP contribution is 2.29. The second kappa shape index (κ2) is 6.87. The third kappa shape index (κ3) is 3.89. The molecule has 5 heteroatoms. The minimum absolute atomic E-state index is 0.200. The van der Waals surface area contributed by atoms with Crippen molar-refractivity contribution < 1.29 is 14.3 Å². The van der Waals surface area contributed by atoms with Crippen molar-refractivity contribution in [1.29, 1.82) is 0 Å². The smallest absolute Gasteiger partial charge is 0.310 e. The summed E-state index contributed by atoms with van der Waals surface area (Å²) >= 11 is 9.35. The number of ether oxygens (including phenoxy) is 2. The van der Waals surface area contributed by atoms with Crippen LogP contribution in [0, 0.1) is 0 Å². The van der Waals surface area contributed by atoms with Crippen molar-refractivity contribution in [2.75, 3.05) is 13.7 Å². The Morgan fingerprint density at radius 1 is 1.47 bits per heavy atom. The van der Waals surface area contributed by atoms with Crippen molar-refractivity contribution in [2.24, 2.45) is 0 Å². The van der Waals surface area contributed by atoms with E-state index in [1.54, 1.807) is 26.2 Å². The van der Waals surface area contributed by atoms with E-state index in [1.165, 1.54) is 0 Å². The van der Waals surface area contributed by atoms with Crippen LogP contribution in [-0.2, 0) is 21.3 Å². The molecule has 0 unspecified atom stereocenters.